The summed E-state index contributed by atoms with van der Waals surface area (Å²) in [6.45, 7) is 15.6. The van der Waals surface area contributed by atoms with E-state index in [9.17, 15) is 4.79 Å². The van der Waals surface area contributed by atoms with Crippen molar-refractivity contribution >= 4 is 5.91 Å². The molecule has 1 aromatic heterocycles. The van der Waals surface area contributed by atoms with Crippen molar-refractivity contribution in [3.05, 3.63) is 52.7 Å². The van der Waals surface area contributed by atoms with Gasteiger partial charge in [0.25, 0.3) is 0 Å². The Balaban J connectivity index is 1.71. The molecule has 0 saturated carbocycles. The predicted octanol–water partition coefficient (Wildman–Crippen LogP) is 5.26. The predicted molar refractivity (Wildman–Crippen MR) is 115 cm³/mol. The maximum Gasteiger partial charge on any atom is 0.220 e. The van der Waals surface area contributed by atoms with Gasteiger partial charge in [-0.3, -0.25) is 4.79 Å². The highest BCUT2D eigenvalue weighted by atomic mass is 16.4. The molecule has 0 bridgehead atoms. The number of amides is 1. The number of carbonyl (C=O) groups is 1. The third-order valence-corrected chi connectivity index (χ3v) is 4.90. The first-order valence-corrected chi connectivity index (χ1v) is 10.3. The van der Waals surface area contributed by atoms with E-state index >= 15 is 0 Å². The Morgan fingerprint density at radius 1 is 1.00 bits per heavy atom. The van der Waals surface area contributed by atoms with Crippen LogP contribution in [0.4, 0.5) is 0 Å². The first-order valence-electron chi connectivity index (χ1n) is 10.3. The van der Waals surface area contributed by atoms with Gasteiger partial charge < -0.3 is 9.73 Å². The van der Waals surface area contributed by atoms with Crippen LogP contribution >= 0.6 is 0 Å². The number of benzene rings is 1. The normalized spacial score (nSPS) is 12.2. The quantitative estimate of drug-likeness (QED) is 0.663. The van der Waals surface area contributed by atoms with Gasteiger partial charge >= 0.3 is 0 Å². The summed E-state index contributed by atoms with van der Waals surface area (Å²) in [5, 5.41) is 3.01. The zero-order chi connectivity index (χ0) is 20.9. The van der Waals surface area contributed by atoms with Crippen molar-refractivity contribution in [2.24, 2.45) is 0 Å². The van der Waals surface area contributed by atoms with Gasteiger partial charge in [-0.15, -0.1) is 0 Å². The van der Waals surface area contributed by atoms with Crippen LogP contribution in [0.2, 0.25) is 0 Å². The second-order valence-corrected chi connectivity index (χ2v) is 9.68. The third kappa shape index (κ3) is 6.50. The lowest BCUT2D eigenvalue weighted by Crippen LogP contribution is -2.25. The molecule has 154 valence electrons. The van der Waals surface area contributed by atoms with Gasteiger partial charge in [-0.25, -0.2) is 4.98 Å². The molecular weight excluding hydrogens is 348 g/mol. The molecule has 0 aliphatic heterocycles. The van der Waals surface area contributed by atoms with E-state index in [0.29, 0.717) is 13.0 Å². The summed E-state index contributed by atoms with van der Waals surface area (Å²) in [5.74, 6) is 1.81. The van der Waals surface area contributed by atoms with Crippen LogP contribution in [0.15, 0.2) is 28.7 Å². The molecule has 0 atom stereocenters. The topological polar surface area (TPSA) is 55.1 Å². The molecule has 0 fully saturated rings. The molecule has 4 heteroatoms. The van der Waals surface area contributed by atoms with Crippen LogP contribution in [0.25, 0.3) is 0 Å². The molecule has 0 spiro atoms. The molecule has 2 rings (SSSR count). The lowest BCUT2D eigenvalue weighted by atomic mass is 9.86. The molecular formula is C24H36N2O2. The van der Waals surface area contributed by atoms with Gasteiger partial charge in [0.2, 0.25) is 5.91 Å². The van der Waals surface area contributed by atoms with Crippen LogP contribution in [0.1, 0.15) is 82.9 Å². The molecule has 0 unspecified atom stereocenters. The number of hydrogen-bond donors (Lipinski definition) is 1. The standard InChI is InChI=1S/C24H36N2O2/c1-17-20(28-22(26-17)24(5,6)7)9-8-16-25-21(27)15-12-18-10-13-19(14-11-18)23(2,3)4/h10-11,13-14H,8-9,12,15-16H2,1-7H3,(H,25,27). The monoisotopic (exact) mass is 384 g/mol. The lowest BCUT2D eigenvalue weighted by Gasteiger charge is -2.19. The first-order chi connectivity index (χ1) is 13.0. The summed E-state index contributed by atoms with van der Waals surface area (Å²) < 4.78 is 5.90. The van der Waals surface area contributed by atoms with Crippen LogP contribution in [0.5, 0.6) is 0 Å². The summed E-state index contributed by atoms with van der Waals surface area (Å²) in [6, 6.07) is 8.60. The van der Waals surface area contributed by atoms with Crippen molar-refractivity contribution in [3.8, 4) is 0 Å². The highest BCUT2D eigenvalue weighted by Crippen LogP contribution is 2.24. The van der Waals surface area contributed by atoms with Gasteiger partial charge in [-0.1, -0.05) is 65.8 Å². The third-order valence-electron chi connectivity index (χ3n) is 4.90. The molecule has 0 aliphatic rings. The van der Waals surface area contributed by atoms with E-state index in [1.54, 1.807) is 0 Å². The zero-order valence-corrected chi connectivity index (χ0v) is 18.6. The van der Waals surface area contributed by atoms with Gasteiger partial charge in [-0.2, -0.15) is 0 Å². The van der Waals surface area contributed by atoms with Gasteiger partial charge in [0, 0.05) is 24.8 Å². The van der Waals surface area contributed by atoms with E-state index in [0.717, 1.165) is 36.6 Å². The number of nitrogens with zero attached hydrogens (tertiary/aromatic N) is 1. The van der Waals surface area contributed by atoms with Crippen molar-refractivity contribution in [1.82, 2.24) is 10.3 Å². The first kappa shape index (κ1) is 22.2. The van der Waals surface area contributed by atoms with Crippen molar-refractivity contribution < 1.29 is 9.21 Å². The summed E-state index contributed by atoms with van der Waals surface area (Å²) in [7, 11) is 0. The van der Waals surface area contributed by atoms with Crippen LogP contribution in [0, 0.1) is 6.92 Å². The highest BCUT2D eigenvalue weighted by molar-refractivity contribution is 5.76. The Morgan fingerprint density at radius 3 is 2.18 bits per heavy atom. The molecule has 0 aliphatic carbocycles. The maximum absolute atomic E-state index is 12.1. The maximum atomic E-state index is 12.1. The molecule has 0 saturated heterocycles. The largest absolute Gasteiger partial charge is 0.445 e. The number of aryl methyl sites for hydroxylation is 3. The minimum atomic E-state index is -0.0810. The Kier molecular flexibility index (Phi) is 7.08. The zero-order valence-electron chi connectivity index (χ0n) is 18.6. The molecule has 2 aromatic rings. The summed E-state index contributed by atoms with van der Waals surface area (Å²) >= 11 is 0. The van der Waals surface area contributed by atoms with E-state index in [1.165, 1.54) is 11.1 Å². The molecule has 4 nitrogen and oxygen atoms in total. The summed E-state index contributed by atoms with van der Waals surface area (Å²) in [4.78, 5) is 16.6. The van der Waals surface area contributed by atoms with Crippen LogP contribution in [0.3, 0.4) is 0 Å². The van der Waals surface area contributed by atoms with Crippen molar-refractivity contribution in [3.63, 3.8) is 0 Å². The van der Waals surface area contributed by atoms with Crippen LogP contribution in [-0.2, 0) is 28.5 Å². The van der Waals surface area contributed by atoms with Gasteiger partial charge in [0.15, 0.2) is 5.89 Å². The fourth-order valence-corrected chi connectivity index (χ4v) is 2.98. The van der Waals surface area contributed by atoms with E-state index in [2.05, 4.69) is 76.1 Å². The fraction of sp³-hybridized carbons (Fsp3) is 0.583. The number of rotatable bonds is 7. The molecule has 1 aromatic carbocycles. The van der Waals surface area contributed by atoms with Crippen molar-refractivity contribution in [1.29, 1.82) is 0 Å². The van der Waals surface area contributed by atoms with Crippen molar-refractivity contribution in [2.45, 2.75) is 85.0 Å². The molecule has 1 amide bonds. The fourth-order valence-electron chi connectivity index (χ4n) is 2.98. The Morgan fingerprint density at radius 2 is 1.64 bits per heavy atom. The minimum Gasteiger partial charge on any atom is -0.445 e. The average molecular weight is 385 g/mol. The van der Waals surface area contributed by atoms with Crippen LogP contribution < -0.4 is 5.32 Å². The molecule has 0 radical (unpaired) electrons. The second-order valence-electron chi connectivity index (χ2n) is 9.68. The number of nitrogens with one attached hydrogen (secondary N) is 1. The second kappa shape index (κ2) is 8.93. The molecule has 1 heterocycles. The average Bonchev–Trinajstić information content (AvgIpc) is 2.98. The van der Waals surface area contributed by atoms with E-state index in [4.69, 9.17) is 4.42 Å². The number of hydrogen-bond acceptors (Lipinski definition) is 3. The summed E-state index contributed by atoms with van der Waals surface area (Å²) in [6.07, 6.45) is 2.94. The lowest BCUT2D eigenvalue weighted by molar-refractivity contribution is -0.121. The number of carbonyl (C=O) groups excluding carboxylic acids is 1. The van der Waals surface area contributed by atoms with Crippen molar-refractivity contribution in [2.75, 3.05) is 6.54 Å². The smallest absolute Gasteiger partial charge is 0.220 e. The van der Waals surface area contributed by atoms with Gasteiger partial charge in [0.05, 0.1) is 5.69 Å². The van der Waals surface area contributed by atoms with E-state index in [-0.39, 0.29) is 16.7 Å². The molecule has 1 N–H and O–H groups in total. The Labute approximate surface area is 170 Å². The molecule has 28 heavy (non-hydrogen) atoms. The van der Waals surface area contributed by atoms with Gasteiger partial charge in [0.1, 0.15) is 5.76 Å². The van der Waals surface area contributed by atoms with E-state index in [1.807, 2.05) is 6.92 Å². The SMILES string of the molecule is Cc1nc(C(C)(C)C)oc1CCCNC(=O)CCc1ccc(C(C)(C)C)cc1. The summed E-state index contributed by atoms with van der Waals surface area (Å²) in [5.41, 5.74) is 3.55. The van der Waals surface area contributed by atoms with E-state index < -0.39 is 0 Å². The number of oxazole rings is 1. The minimum absolute atomic E-state index is 0.0810. The van der Waals surface area contributed by atoms with Gasteiger partial charge in [-0.05, 0) is 36.3 Å². The highest BCUT2D eigenvalue weighted by Gasteiger charge is 2.22. The Hall–Kier alpha value is -2.10. The van der Waals surface area contributed by atoms with Crippen LogP contribution in [-0.4, -0.2) is 17.4 Å². The Bertz CT molecular complexity index is 774. The number of aromatic nitrogens is 1.